The molecule has 4 heteroatoms. The normalized spacial score (nSPS) is 12.4. The number of nitrogens with zero attached hydrogens (tertiary/aromatic N) is 2. The molecule has 0 aliphatic rings. The number of nitrogens with one attached hydrogen (secondary N) is 1. The Hall–Kier alpha value is -1.81. The van der Waals surface area contributed by atoms with Crippen LogP contribution in [0.15, 0.2) is 36.7 Å². The standard InChI is InChI=1S/C14H19N3O/c1-11(13-9-16-17(2)10-13)15-8-12-5-4-6-14(7-12)18-3/h4-7,9-11,15H,8H2,1-3H3. The molecule has 18 heavy (non-hydrogen) atoms. The number of rotatable bonds is 5. The predicted octanol–water partition coefficient (Wildman–Crippen LogP) is 2.28. The molecule has 1 atom stereocenters. The Morgan fingerprint density at radius 1 is 1.44 bits per heavy atom. The zero-order valence-electron chi connectivity index (χ0n) is 11.1. The van der Waals surface area contributed by atoms with Gasteiger partial charge in [-0.15, -0.1) is 0 Å². The van der Waals surface area contributed by atoms with Gasteiger partial charge in [-0.3, -0.25) is 4.68 Å². The van der Waals surface area contributed by atoms with Crippen molar-refractivity contribution < 1.29 is 4.74 Å². The van der Waals surface area contributed by atoms with Gasteiger partial charge in [-0.1, -0.05) is 12.1 Å². The molecule has 4 nitrogen and oxygen atoms in total. The summed E-state index contributed by atoms with van der Waals surface area (Å²) in [5, 5.41) is 7.65. The van der Waals surface area contributed by atoms with Crippen molar-refractivity contribution >= 4 is 0 Å². The van der Waals surface area contributed by atoms with Crippen LogP contribution in [0.2, 0.25) is 0 Å². The Morgan fingerprint density at radius 2 is 2.28 bits per heavy atom. The minimum Gasteiger partial charge on any atom is -0.497 e. The van der Waals surface area contributed by atoms with Crippen LogP contribution in [0.1, 0.15) is 24.1 Å². The van der Waals surface area contributed by atoms with E-state index in [1.54, 1.807) is 7.11 Å². The lowest BCUT2D eigenvalue weighted by atomic mass is 10.1. The SMILES string of the molecule is COc1cccc(CNC(C)c2cnn(C)c2)c1. The second kappa shape index (κ2) is 5.69. The summed E-state index contributed by atoms with van der Waals surface area (Å²) in [6.45, 7) is 2.95. The number of aryl methyl sites for hydroxylation is 1. The molecule has 0 bridgehead atoms. The first-order chi connectivity index (χ1) is 8.69. The quantitative estimate of drug-likeness (QED) is 0.878. The van der Waals surface area contributed by atoms with Crippen LogP contribution in [-0.4, -0.2) is 16.9 Å². The second-order valence-corrected chi connectivity index (χ2v) is 4.40. The summed E-state index contributed by atoms with van der Waals surface area (Å²) >= 11 is 0. The fourth-order valence-electron chi connectivity index (χ4n) is 1.83. The molecule has 96 valence electrons. The smallest absolute Gasteiger partial charge is 0.119 e. The molecule has 0 aliphatic heterocycles. The molecule has 1 N–H and O–H groups in total. The van der Waals surface area contributed by atoms with E-state index in [1.165, 1.54) is 11.1 Å². The number of hydrogen-bond donors (Lipinski definition) is 1. The second-order valence-electron chi connectivity index (χ2n) is 4.40. The average Bonchev–Trinajstić information content (AvgIpc) is 2.83. The Bertz CT molecular complexity index is 507. The molecule has 0 fully saturated rings. The molecule has 0 saturated heterocycles. The van der Waals surface area contributed by atoms with E-state index < -0.39 is 0 Å². The van der Waals surface area contributed by atoms with E-state index in [-0.39, 0.29) is 6.04 Å². The van der Waals surface area contributed by atoms with Crippen LogP contribution in [0.5, 0.6) is 5.75 Å². The maximum absolute atomic E-state index is 5.21. The third-order valence-corrected chi connectivity index (χ3v) is 2.97. The van der Waals surface area contributed by atoms with Gasteiger partial charge < -0.3 is 10.1 Å². The van der Waals surface area contributed by atoms with Crippen molar-refractivity contribution in [3.63, 3.8) is 0 Å². The van der Waals surface area contributed by atoms with Crippen molar-refractivity contribution in [2.75, 3.05) is 7.11 Å². The average molecular weight is 245 g/mol. The van der Waals surface area contributed by atoms with Gasteiger partial charge in [0.05, 0.1) is 13.3 Å². The highest BCUT2D eigenvalue weighted by molar-refractivity contribution is 5.28. The van der Waals surface area contributed by atoms with Crippen LogP contribution in [0, 0.1) is 0 Å². The van der Waals surface area contributed by atoms with Crippen LogP contribution >= 0.6 is 0 Å². The molecule has 0 spiro atoms. The van der Waals surface area contributed by atoms with E-state index in [0.717, 1.165) is 12.3 Å². The number of benzene rings is 1. The largest absolute Gasteiger partial charge is 0.497 e. The Balaban J connectivity index is 1.94. The van der Waals surface area contributed by atoms with Gasteiger partial charge in [0, 0.05) is 31.4 Å². The van der Waals surface area contributed by atoms with E-state index >= 15 is 0 Å². The van der Waals surface area contributed by atoms with Crippen LogP contribution in [0.3, 0.4) is 0 Å². The van der Waals surface area contributed by atoms with Crippen molar-refractivity contribution in [3.05, 3.63) is 47.8 Å². The van der Waals surface area contributed by atoms with Crippen molar-refractivity contribution in [2.45, 2.75) is 19.5 Å². The molecule has 0 saturated carbocycles. The van der Waals surface area contributed by atoms with Gasteiger partial charge in [0.1, 0.15) is 5.75 Å². The molecule has 1 aromatic heterocycles. The fourth-order valence-corrected chi connectivity index (χ4v) is 1.83. The maximum atomic E-state index is 5.21. The van der Waals surface area contributed by atoms with Crippen LogP contribution < -0.4 is 10.1 Å². The molecule has 2 rings (SSSR count). The summed E-state index contributed by atoms with van der Waals surface area (Å²) in [6.07, 6.45) is 3.92. The first-order valence-electron chi connectivity index (χ1n) is 6.04. The minimum absolute atomic E-state index is 0.282. The number of methoxy groups -OCH3 is 1. The summed E-state index contributed by atoms with van der Waals surface area (Å²) in [7, 11) is 3.61. The van der Waals surface area contributed by atoms with Gasteiger partial charge in [-0.25, -0.2) is 0 Å². The number of hydrogen-bond acceptors (Lipinski definition) is 3. The highest BCUT2D eigenvalue weighted by Crippen LogP contribution is 2.15. The zero-order valence-corrected chi connectivity index (χ0v) is 11.1. The summed E-state index contributed by atoms with van der Waals surface area (Å²) in [5.41, 5.74) is 2.41. The van der Waals surface area contributed by atoms with Gasteiger partial charge in [0.2, 0.25) is 0 Å². The van der Waals surface area contributed by atoms with E-state index in [1.807, 2.05) is 42.3 Å². The molecule has 0 radical (unpaired) electrons. The summed E-state index contributed by atoms with van der Waals surface area (Å²) in [5.74, 6) is 0.892. The Kier molecular flexibility index (Phi) is 3.99. The van der Waals surface area contributed by atoms with Gasteiger partial charge in [-0.2, -0.15) is 5.10 Å². The zero-order chi connectivity index (χ0) is 13.0. The van der Waals surface area contributed by atoms with E-state index in [4.69, 9.17) is 4.74 Å². The van der Waals surface area contributed by atoms with Gasteiger partial charge in [0.25, 0.3) is 0 Å². The molecule has 0 aliphatic carbocycles. The third-order valence-electron chi connectivity index (χ3n) is 2.97. The van der Waals surface area contributed by atoms with E-state index in [0.29, 0.717) is 0 Å². The maximum Gasteiger partial charge on any atom is 0.119 e. The first-order valence-corrected chi connectivity index (χ1v) is 6.04. The van der Waals surface area contributed by atoms with Crippen LogP contribution in [0.4, 0.5) is 0 Å². The van der Waals surface area contributed by atoms with Crippen molar-refractivity contribution in [3.8, 4) is 5.75 Å². The van der Waals surface area contributed by atoms with E-state index in [9.17, 15) is 0 Å². The predicted molar refractivity (Wildman–Crippen MR) is 71.5 cm³/mol. The third kappa shape index (κ3) is 3.11. The van der Waals surface area contributed by atoms with Crippen molar-refractivity contribution in [1.29, 1.82) is 0 Å². The highest BCUT2D eigenvalue weighted by Gasteiger charge is 2.06. The topological polar surface area (TPSA) is 39.1 Å². The number of aromatic nitrogens is 2. The van der Waals surface area contributed by atoms with Crippen LogP contribution in [0.25, 0.3) is 0 Å². The van der Waals surface area contributed by atoms with E-state index in [2.05, 4.69) is 23.4 Å². The molecule has 0 amide bonds. The van der Waals surface area contributed by atoms with Crippen LogP contribution in [-0.2, 0) is 13.6 Å². The summed E-state index contributed by atoms with van der Waals surface area (Å²) < 4.78 is 7.03. The molecular formula is C14H19N3O. The molecule has 1 heterocycles. The highest BCUT2D eigenvalue weighted by atomic mass is 16.5. The van der Waals surface area contributed by atoms with Gasteiger partial charge in [0.15, 0.2) is 0 Å². The lowest BCUT2D eigenvalue weighted by molar-refractivity contribution is 0.414. The summed E-state index contributed by atoms with van der Waals surface area (Å²) in [4.78, 5) is 0. The monoisotopic (exact) mass is 245 g/mol. The molecule has 1 aromatic carbocycles. The fraction of sp³-hybridized carbons (Fsp3) is 0.357. The van der Waals surface area contributed by atoms with Crippen molar-refractivity contribution in [1.82, 2.24) is 15.1 Å². The lowest BCUT2D eigenvalue weighted by Gasteiger charge is -2.12. The number of ether oxygens (including phenoxy) is 1. The van der Waals surface area contributed by atoms with Crippen molar-refractivity contribution in [2.24, 2.45) is 7.05 Å². The lowest BCUT2D eigenvalue weighted by Crippen LogP contribution is -2.17. The van der Waals surface area contributed by atoms with Gasteiger partial charge >= 0.3 is 0 Å². The molecule has 2 aromatic rings. The first kappa shape index (κ1) is 12.6. The molecule has 1 unspecified atom stereocenters. The Labute approximate surface area is 108 Å². The van der Waals surface area contributed by atoms with Gasteiger partial charge in [-0.05, 0) is 24.6 Å². The minimum atomic E-state index is 0.282. The Morgan fingerprint density at radius 3 is 2.94 bits per heavy atom. The molecular weight excluding hydrogens is 226 g/mol. The summed E-state index contributed by atoms with van der Waals surface area (Å²) in [6, 6.07) is 8.37.